The summed E-state index contributed by atoms with van der Waals surface area (Å²) in [4.78, 5) is 12.5. The number of hydrogen-bond donors (Lipinski definition) is 1. The zero-order valence-electron chi connectivity index (χ0n) is 12.4. The molecule has 0 spiro atoms. The molecule has 3 rings (SSSR count). The average Bonchev–Trinajstić information content (AvgIpc) is 3.04. The fourth-order valence-corrected chi connectivity index (χ4v) is 2.11. The van der Waals surface area contributed by atoms with Crippen molar-refractivity contribution in [3.05, 3.63) is 59.7 Å². The van der Waals surface area contributed by atoms with Crippen molar-refractivity contribution in [2.75, 3.05) is 7.11 Å². The minimum Gasteiger partial charge on any atom is -0.497 e. The van der Waals surface area contributed by atoms with Gasteiger partial charge in [0.1, 0.15) is 5.75 Å². The lowest BCUT2D eigenvalue weighted by Gasteiger charge is -2.02. The number of ether oxygens (including phenoxy) is 1. The zero-order valence-corrected chi connectivity index (χ0v) is 12.4. The van der Waals surface area contributed by atoms with E-state index >= 15 is 0 Å². The highest BCUT2D eigenvalue weighted by molar-refractivity contribution is 5.89. The standard InChI is InChI=1S/C16H14N4O3/c1-23-14-7-5-11(6-8-14)10-20-18-15(17-19-20)12-3-2-4-13(9-12)16(21)22/h2-9H,10H2,1H3,(H,21,22). The van der Waals surface area contributed by atoms with Crippen LogP contribution in [-0.2, 0) is 6.54 Å². The zero-order chi connectivity index (χ0) is 16.2. The SMILES string of the molecule is COc1ccc(Cn2nnc(-c3cccc(C(=O)O)c3)n2)cc1. The second kappa shape index (κ2) is 6.27. The fourth-order valence-electron chi connectivity index (χ4n) is 2.11. The first-order valence-corrected chi connectivity index (χ1v) is 6.90. The van der Waals surface area contributed by atoms with Crippen LogP contribution in [0.2, 0.25) is 0 Å². The van der Waals surface area contributed by atoms with Gasteiger partial charge in [0.25, 0.3) is 0 Å². The smallest absolute Gasteiger partial charge is 0.335 e. The maximum absolute atomic E-state index is 11.0. The van der Waals surface area contributed by atoms with Crippen LogP contribution in [0.15, 0.2) is 48.5 Å². The summed E-state index contributed by atoms with van der Waals surface area (Å²) in [5.41, 5.74) is 1.81. The first-order chi connectivity index (χ1) is 11.2. The fraction of sp³-hybridized carbons (Fsp3) is 0.125. The van der Waals surface area contributed by atoms with Crippen LogP contribution in [0.4, 0.5) is 0 Å². The number of nitrogens with zero attached hydrogens (tertiary/aromatic N) is 4. The number of methoxy groups -OCH3 is 1. The number of carboxylic acid groups (broad SMARTS) is 1. The van der Waals surface area contributed by atoms with E-state index in [0.29, 0.717) is 17.9 Å². The van der Waals surface area contributed by atoms with Crippen molar-refractivity contribution in [3.8, 4) is 17.1 Å². The highest BCUT2D eigenvalue weighted by Crippen LogP contribution is 2.16. The number of aromatic nitrogens is 4. The van der Waals surface area contributed by atoms with Crippen molar-refractivity contribution in [1.29, 1.82) is 0 Å². The normalized spacial score (nSPS) is 10.5. The molecule has 0 atom stereocenters. The molecule has 1 aromatic heterocycles. The maximum Gasteiger partial charge on any atom is 0.335 e. The summed E-state index contributed by atoms with van der Waals surface area (Å²) in [5, 5.41) is 21.3. The Morgan fingerprint density at radius 2 is 2.00 bits per heavy atom. The van der Waals surface area contributed by atoms with E-state index in [4.69, 9.17) is 9.84 Å². The van der Waals surface area contributed by atoms with Crippen LogP contribution >= 0.6 is 0 Å². The highest BCUT2D eigenvalue weighted by atomic mass is 16.5. The van der Waals surface area contributed by atoms with E-state index < -0.39 is 5.97 Å². The summed E-state index contributed by atoms with van der Waals surface area (Å²) in [7, 11) is 1.62. The molecule has 0 aliphatic rings. The van der Waals surface area contributed by atoms with Crippen LogP contribution in [-0.4, -0.2) is 38.4 Å². The third-order valence-corrected chi connectivity index (χ3v) is 3.30. The largest absolute Gasteiger partial charge is 0.497 e. The lowest BCUT2D eigenvalue weighted by molar-refractivity contribution is 0.0697. The second-order valence-electron chi connectivity index (χ2n) is 4.88. The molecule has 116 valence electrons. The minimum absolute atomic E-state index is 0.189. The van der Waals surface area contributed by atoms with Crippen molar-refractivity contribution < 1.29 is 14.6 Å². The van der Waals surface area contributed by atoms with E-state index in [2.05, 4.69) is 15.4 Å². The van der Waals surface area contributed by atoms with Crippen LogP contribution in [0.3, 0.4) is 0 Å². The molecule has 0 amide bonds. The lowest BCUT2D eigenvalue weighted by atomic mass is 10.1. The van der Waals surface area contributed by atoms with Gasteiger partial charge in [-0.05, 0) is 35.0 Å². The number of carbonyl (C=O) groups is 1. The van der Waals surface area contributed by atoms with E-state index in [-0.39, 0.29) is 5.56 Å². The van der Waals surface area contributed by atoms with Crippen LogP contribution in [0, 0.1) is 0 Å². The van der Waals surface area contributed by atoms with Gasteiger partial charge < -0.3 is 9.84 Å². The monoisotopic (exact) mass is 310 g/mol. The van der Waals surface area contributed by atoms with E-state index in [1.807, 2.05) is 24.3 Å². The molecule has 0 unspecified atom stereocenters. The summed E-state index contributed by atoms with van der Waals surface area (Å²) in [6.45, 7) is 0.468. The predicted molar refractivity (Wildman–Crippen MR) is 82.3 cm³/mol. The van der Waals surface area contributed by atoms with E-state index in [9.17, 15) is 4.79 Å². The summed E-state index contributed by atoms with van der Waals surface area (Å²) >= 11 is 0. The molecule has 0 radical (unpaired) electrons. The first kappa shape index (κ1) is 14.7. The Morgan fingerprint density at radius 1 is 1.22 bits per heavy atom. The predicted octanol–water partition coefficient (Wildman–Crippen LogP) is 2.10. The van der Waals surface area contributed by atoms with Crippen LogP contribution in [0.1, 0.15) is 15.9 Å². The lowest BCUT2D eigenvalue weighted by Crippen LogP contribution is -2.04. The molecule has 2 aromatic carbocycles. The molecule has 7 nitrogen and oxygen atoms in total. The van der Waals surface area contributed by atoms with Crippen molar-refractivity contribution in [1.82, 2.24) is 20.2 Å². The molecule has 23 heavy (non-hydrogen) atoms. The maximum atomic E-state index is 11.0. The molecule has 0 bridgehead atoms. The van der Waals surface area contributed by atoms with Crippen LogP contribution in [0.5, 0.6) is 5.75 Å². The molecular formula is C16H14N4O3. The summed E-state index contributed by atoms with van der Waals surface area (Å²) in [6.07, 6.45) is 0. The van der Waals surface area contributed by atoms with Crippen molar-refractivity contribution in [2.45, 2.75) is 6.54 Å². The molecule has 0 saturated heterocycles. The van der Waals surface area contributed by atoms with Gasteiger partial charge >= 0.3 is 5.97 Å². The topological polar surface area (TPSA) is 90.1 Å². The number of benzene rings is 2. The summed E-state index contributed by atoms with van der Waals surface area (Å²) in [5.74, 6) is 0.186. The summed E-state index contributed by atoms with van der Waals surface area (Å²) in [6, 6.07) is 14.0. The van der Waals surface area contributed by atoms with Gasteiger partial charge in [-0.2, -0.15) is 4.80 Å². The molecule has 0 aliphatic carbocycles. The number of rotatable bonds is 5. The Balaban J connectivity index is 1.79. The van der Waals surface area contributed by atoms with Crippen molar-refractivity contribution in [2.24, 2.45) is 0 Å². The van der Waals surface area contributed by atoms with Gasteiger partial charge in [0, 0.05) is 5.56 Å². The Hall–Kier alpha value is -3.22. The molecule has 3 aromatic rings. The number of tetrazole rings is 1. The van der Waals surface area contributed by atoms with Crippen LogP contribution < -0.4 is 4.74 Å². The van der Waals surface area contributed by atoms with Crippen molar-refractivity contribution >= 4 is 5.97 Å². The Kier molecular flexibility index (Phi) is 4.01. The number of hydrogen-bond acceptors (Lipinski definition) is 5. The van der Waals surface area contributed by atoms with Gasteiger partial charge in [-0.25, -0.2) is 4.79 Å². The molecular weight excluding hydrogens is 296 g/mol. The quantitative estimate of drug-likeness (QED) is 0.776. The van der Waals surface area contributed by atoms with Gasteiger partial charge in [0.15, 0.2) is 0 Å². The van der Waals surface area contributed by atoms with E-state index in [0.717, 1.165) is 11.3 Å². The highest BCUT2D eigenvalue weighted by Gasteiger charge is 2.09. The molecule has 7 heteroatoms. The van der Waals surface area contributed by atoms with Gasteiger partial charge in [-0.1, -0.05) is 24.3 Å². The molecule has 0 fully saturated rings. The third kappa shape index (κ3) is 3.34. The Bertz CT molecular complexity index is 827. The summed E-state index contributed by atoms with van der Waals surface area (Å²) < 4.78 is 5.11. The van der Waals surface area contributed by atoms with Gasteiger partial charge in [0.05, 0.1) is 19.2 Å². The number of aromatic carboxylic acids is 1. The molecule has 1 heterocycles. The van der Waals surface area contributed by atoms with Gasteiger partial charge in [-0.15, -0.1) is 10.2 Å². The minimum atomic E-state index is -0.988. The van der Waals surface area contributed by atoms with E-state index in [1.165, 1.54) is 16.9 Å². The van der Waals surface area contributed by atoms with Gasteiger partial charge in [-0.3, -0.25) is 0 Å². The average molecular weight is 310 g/mol. The Labute approximate surface area is 132 Å². The Morgan fingerprint density at radius 3 is 2.70 bits per heavy atom. The van der Waals surface area contributed by atoms with Gasteiger partial charge in [0.2, 0.25) is 5.82 Å². The molecule has 0 aliphatic heterocycles. The first-order valence-electron chi connectivity index (χ1n) is 6.90. The van der Waals surface area contributed by atoms with Crippen LogP contribution in [0.25, 0.3) is 11.4 Å². The third-order valence-electron chi connectivity index (χ3n) is 3.30. The van der Waals surface area contributed by atoms with Crippen molar-refractivity contribution in [3.63, 3.8) is 0 Å². The molecule has 0 saturated carbocycles. The molecule has 1 N–H and O–H groups in total. The van der Waals surface area contributed by atoms with E-state index in [1.54, 1.807) is 19.2 Å². The number of carboxylic acids is 1. The second-order valence-corrected chi connectivity index (χ2v) is 4.88.